The third-order valence-corrected chi connectivity index (χ3v) is 5.78. The van der Waals surface area contributed by atoms with Crippen LogP contribution in [0.4, 0.5) is 0 Å². The molecule has 1 aromatic rings. The molecule has 0 aromatic heterocycles. The standard InChI is InChI=1S/C18H28N2O5S/c1-3-25-13-7-10-19-26(22,23)15-8-9-17(24-2)16(14-15)18(21)20-11-5-4-6-12-20/h8-9,14,19H,3-7,10-13H2,1-2H3. The molecule has 1 aliphatic rings. The predicted octanol–water partition coefficient (Wildman–Crippen LogP) is 2.03. The SMILES string of the molecule is CCOCCCNS(=O)(=O)c1ccc(OC)c(C(=O)N2CCCCC2)c1. The Kier molecular flexibility index (Phi) is 7.86. The van der Waals surface area contributed by atoms with Crippen molar-refractivity contribution in [1.29, 1.82) is 0 Å². The van der Waals surface area contributed by atoms with Crippen molar-refractivity contribution in [2.45, 2.75) is 37.5 Å². The van der Waals surface area contributed by atoms with E-state index in [9.17, 15) is 13.2 Å². The summed E-state index contributed by atoms with van der Waals surface area (Å²) < 4.78 is 38.0. The number of methoxy groups -OCH3 is 1. The summed E-state index contributed by atoms with van der Waals surface area (Å²) in [6.07, 6.45) is 3.63. The van der Waals surface area contributed by atoms with Gasteiger partial charge in [-0.25, -0.2) is 13.1 Å². The molecule has 1 saturated heterocycles. The minimum Gasteiger partial charge on any atom is -0.496 e. The van der Waals surface area contributed by atoms with Crippen LogP contribution in [0, 0.1) is 0 Å². The van der Waals surface area contributed by atoms with Crippen LogP contribution in [0.5, 0.6) is 5.75 Å². The smallest absolute Gasteiger partial charge is 0.257 e. The number of nitrogens with one attached hydrogen (secondary N) is 1. The lowest BCUT2D eigenvalue weighted by molar-refractivity contribution is 0.0720. The van der Waals surface area contributed by atoms with Gasteiger partial charge in [-0.15, -0.1) is 0 Å². The molecule has 8 heteroatoms. The van der Waals surface area contributed by atoms with E-state index in [1.165, 1.54) is 25.3 Å². The zero-order chi connectivity index (χ0) is 19.0. The van der Waals surface area contributed by atoms with Crippen molar-refractivity contribution in [1.82, 2.24) is 9.62 Å². The molecular formula is C18H28N2O5S. The molecule has 0 radical (unpaired) electrons. The highest BCUT2D eigenvalue weighted by molar-refractivity contribution is 7.89. The largest absolute Gasteiger partial charge is 0.496 e. The number of piperidine rings is 1. The van der Waals surface area contributed by atoms with E-state index in [1.54, 1.807) is 4.90 Å². The fraction of sp³-hybridized carbons (Fsp3) is 0.611. The highest BCUT2D eigenvalue weighted by atomic mass is 32.2. The van der Waals surface area contributed by atoms with E-state index in [0.29, 0.717) is 38.5 Å². The van der Waals surface area contributed by atoms with Gasteiger partial charge in [0.2, 0.25) is 10.0 Å². The van der Waals surface area contributed by atoms with Crippen molar-refractivity contribution in [3.63, 3.8) is 0 Å². The average Bonchev–Trinajstić information content (AvgIpc) is 2.67. The average molecular weight is 384 g/mol. The number of hydrogen-bond acceptors (Lipinski definition) is 5. The van der Waals surface area contributed by atoms with Crippen LogP contribution in [0.2, 0.25) is 0 Å². The number of benzene rings is 1. The van der Waals surface area contributed by atoms with Gasteiger partial charge in [0.05, 0.1) is 17.6 Å². The number of sulfonamides is 1. The van der Waals surface area contributed by atoms with Crippen LogP contribution in [-0.4, -0.2) is 59.2 Å². The highest BCUT2D eigenvalue weighted by Gasteiger charge is 2.24. The Balaban J connectivity index is 2.15. The topological polar surface area (TPSA) is 84.9 Å². The molecule has 0 aliphatic carbocycles. The first kappa shape index (κ1) is 20.7. The van der Waals surface area contributed by atoms with Crippen molar-refractivity contribution >= 4 is 15.9 Å². The second-order valence-corrected chi connectivity index (χ2v) is 7.93. The van der Waals surface area contributed by atoms with Crippen LogP contribution in [0.1, 0.15) is 43.0 Å². The number of carbonyl (C=O) groups excluding carboxylic acids is 1. The van der Waals surface area contributed by atoms with Crippen LogP contribution < -0.4 is 9.46 Å². The van der Waals surface area contributed by atoms with Crippen molar-refractivity contribution in [2.24, 2.45) is 0 Å². The van der Waals surface area contributed by atoms with Crippen molar-refractivity contribution in [3.05, 3.63) is 23.8 Å². The third kappa shape index (κ3) is 5.43. The molecular weight excluding hydrogens is 356 g/mol. The van der Waals surface area contributed by atoms with Gasteiger partial charge in [0.25, 0.3) is 5.91 Å². The number of ether oxygens (including phenoxy) is 2. The summed E-state index contributed by atoms with van der Waals surface area (Å²) in [5.41, 5.74) is 0.284. The fourth-order valence-electron chi connectivity index (χ4n) is 2.90. The van der Waals surface area contributed by atoms with E-state index in [2.05, 4.69) is 4.72 Å². The molecule has 1 aliphatic heterocycles. The molecule has 26 heavy (non-hydrogen) atoms. The van der Waals surface area contributed by atoms with E-state index in [0.717, 1.165) is 19.3 Å². The van der Waals surface area contributed by atoms with Crippen LogP contribution in [0.15, 0.2) is 23.1 Å². The number of nitrogens with zero attached hydrogens (tertiary/aromatic N) is 1. The first-order chi connectivity index (χ1) is 12.5. The molecule has 0 spiro atoms. The summed E-state index contributed by atoms with van der Waals surface area (Å²) >= 11 is 0. The van der Waals surface area contributed by atoms with Gasteiger partial charge in [-0.2, -0.15) is 0 Å². The fourth-order valence-corrected chi connectivity index (χ4v) is 4.00. The lowest BCUT2D eigenvalue weighted by Gasteiger charge is -2.27. The third-order valence-electron chi connectivity index (χ3n) is 4.32. The van der Waals surface area contributed by atoms with E-state index in [4.69, 9.17) is 9.47 Å². The summed E-state index contributed by atoms with van der Waals surface area (Å²) in [6.45, 7) is 4.66. The lowest BCUT2D eigenvalue weighted by atomic mass is 10.1. The Labute approximate surface area is 155 Å². The van der Waals surface area contributed by atoms with Gasteiger partial charge in [-0.05, 0) is 50.8 Å². The molecule has 0 unspecified atom stereocenters. The van der Waals surface area contributed by atoms with E-state index >= 15 is 0 Å². The van der Waals surface area contributed by atoms with Crippen LogP contribution in [0.25, 0.3) is 0 Å². The maximum Gasteiger partial charge on any atom is 0.257 e. The van der Waals surface area contributed by atoms with Gasteiger partial charge in [-0.3, -0.25) is 4.79 Å². The van der Waals surface area contributed by atoms with Crippen molar-refractivity contribution < 1.29 is 22.7 Å². The predicted molar refractivity (Wildman–Crippen MR) is 99.0 cm³/mol. The monoisotopic (exact) mass is 384 g/mol. The maximum atomic E-state index is 12.8. The molecule has 1 heterocycles. The Morgan fingerprint density at radius 2 is 1.96 bits per heavy atom. The number of carbonyl (C=O) groups is 1. The molecule has 146 valence electrons. The van der Waals surface area contributed by atoms with Crippen molar-refractivity contribution in [2.75, 3.05) is 40.0 Å². The van der Waals surface area contributed by atoms with Gasteiger partial charge in [-0.1, -0.05) is 0 Å². The second kappa shape index (κ2) is 9.89. The normalized spacial score (nSPS) is 15.1. The molecule has 0 bridgehead atoms. The summed E-state index contributed by atoms with van der Waals surface area (Å²) in [5, 5.41) is 0. The molecule has 0 saturated carbocycles. The molecule has 2 rings (SSSR count). The Bertz CT molecular complexity index is 700. The molecule has 1 fully saturated rings. The van der Waals surface area contributed by atoms with Crippen LogP contribution in [0.3, 0.4) is 0 Å². The summed E-state index contributed by atoms with van der Waals surface area (Å²) in [6, 6.07) is 4.39. The molecule has 1 aromatic carbocycles. The van der Waals surface area contributed by atoms with Gasteiger partial charge >= 0.3 is 0 Å². The van der Waals surface area contributed by atoms with E-state index in [-0.39, 0.29) is 22.9 Å². The number of rotatable bonds is 9. The zero-order valence-corrected chi connectivity index (χ0v) is 16.3. The Hall–Kier alpha value is -1.64. The Morgan fingerprint density at radius 1 is 1.23 bits per heavy atom. The summed E-state index contributed by atoms with van der Waals surface area (Å²) in [7, 11) is -2.22. The Morgan fingerprint density at radius 3 is 2.62 bits per heavy atom. The second-order valence-electron chi connectivity index (χ2n) is 6.16. The quantitative estimate of drug-likeness (QED) is 0.659. The van der Waals surface area contributed by atoms with Crippen LogP contribution in [-0.2, 0) is 14.8 Å². The molecule has 1 N–H and O–H groups in total. The van der Waals surface area contributed by atoms with Crippen molar-refractivity contribution in [3.8, 4) is 5.75 Å². The minimum absolute atomic E-state index is 0.0649. The highest BCUT2D eigenvalue weighted by Crippen LogP contribution is 2.25. The van der Waals surface area contributed by atoms with Gasteiger partial charge < -0.3 is 14.4 Å². The summed E-state index contributed by atoms with van der Waals surface area (Å²) in [4.78, 5) is 14.6. The minimum atomic E-state index is -3.69. The van der Waals surface area contributed by atoms with Gasteiger partial charge in [0.15, 0.2) is 0 Å². The first-order valence-electron chi connectivity index (χ1n) is 9.04. The first-order valence-corrected chi connectivity index (χ1v) is 10.5. The number of likely N-dealkylation sites (tertiary alicyclic amines) is 1. The zero-order valence-electron chi connectivity index (χ0n) is 15.5. The summed E-state index contributed by atoms with van der Waals surface area (Å²) in [5.74, 6) is 0.200. The van der Waals surface area contributed by atoms with Gasteiger partial charge in [0, 0.05) is 32.8 Å². The number of amides is 1. The maximum absolute atomic E-state index is 12.8. The van der Waals surface area contributed by atoms with Gasteiger partial charge in [0.1, 0.15) is 5.75 Å². The molecule has 7 nitrogen and oxygen atoms in total. The molecule has 1 amide bonds. The number of hydrogen-bond donors (Lipinski definition) is 1. The lowest BCUT2D eigenvalue weighted by Crippen LogP contribution is -2.36. The van der Waals surface area contributed by atoms with E-state index in [1.807, 2.05) is 6.92 Å². The molecule has 0 atom stereocenters. The van der Waals surface area contributed by atoms with E-state index < -0.39 is 10.0 Å². The van der Waals surface area contributed by atoms with Crippen LogP contribution >= 0.6 is 0 Å².